The molecule has 0 N–H and O–H groups in total. The summed E-state index contributed by atoms with van der Waals surface area (Å²) in [5.41, 5.74) is -0.0193. The molecule has 14 heavy (non-hydrogen) atoms. The zero-order chi connectivity index (χ0) is 10.6. The molecular weight excluding hydrogens is 308 g/mol. The van der Waals surface area contributed by atoms with Crippen LogP contribution in [0.4, 0.5) is 0 Å². The number of hydrogen-bond acceptors (Lipinski definition) is 1. The molecule has 1 nitrogen and oxygen atoms in total. The molecule has 0 aromatic rings. The van der Waals surface area contributed by atoms with Crippen molar-refractivity contribution < 1.29 is 4.74 Å². The Morgan fingerprint density at radius 1 is 1.36 bits per heavy atom. The maximum atomic E-state index is 5.66. The minimum atomic E-state index is -0.0193. The summed E-state index contributed by atoms with van der Waals surface area (Å²) in [5, 5.41) is 0. The molecule has 1 fully saturated rings. The van der Waals surface area contributed by atoms with E-state index in [1.807, 2.05) is 0 Å². The fourth-order valence-corrected chi connectivity index (χ4v) is 2.63. The van der Waals surface area contributed by atoms with Gasteiger partial charge in [0.2, 0.25) is 0 Å². The summed E-state index contributed by atoms with van der Waals surface area (Å²) in [4.78, 5) is 0. The number of epoxide rings is 1. The second-order valence-electron chi connectivity index (χ2n) is 4.07. The van der Waals surface area contributed by atoms with Crippen LogP contribution in [-0.4, -0.2) is 11.7 Å². The molecule has 1 saturated heterocycles. The van der Waals surface area contributed by atoms with Crippen LogP contribution >= 0.6 is 31.9 Å². The van der Waals surface area contributed by atoms with E-state index in [9.17, 15) is 0 Å². The van der Waals surface area contributed by atoms with Crippen LogP contribution in [0.1, 0.15) is 46.0 Å². The fourth-order valence-electron chi connectivity index (χ4n) is 1.72. The highest BCUT2D eigenvalue weighted by molar-refractivity contribution is 9.28. The van der Waals surface area contributed by atoms with Gasteiger partial charge >= 0.3 is 0 Å². The van der Waals surface area contributed by atoms with Gasteiger partial charge in [-0.05, 0) is 51.3 Å². The zero-order valence-electron chi connectivity index (χ0n) is 8.85. The molecule has 0 unspecified atom stereocenters. The van der Waals surface area contributed by atoms with Gasteiger partial charge in [-0.15, -0.1) is 0 Å². The van der Waals surface area contributed by atoms with E-state index in [-0.39, 0.29) is 5.60 Å². The van der Waals surface area contributed by atoms with Crippen molar-refractivity contribution in [2.24, 2.45) is 0 Å². The number of unbranched alkanes of at least 4 members (excludes halogenated alkanes) is 3. The van der Waals surface area contributed by atoms with Crippen molar-refractivity contribution in [3.63, 3.8) is 0 Å². The van der Waals surface area contributed by atoms with Gasteiger partial charge in [-0.2, -0.15) is 0 Å². The first kappa shape index (κ1) is 12.7. The Kier molecular flexibility index (Phi) is 5.15. The van der Waals surface area contributed by atoms with Crippen LogP contribution in [0.5, 0.6) is 0 Å². The predicted octanol–water partition coefficient (Wildman–Crippen LogP) is 4.75. The third-order valence-electron chi connectivity index (χ3n) is 2.69. The highest BCUT2D eigenvalue weighted by Crippen LogP contribution is 2.42. The Morgan fingerprint density at radius 2 is 2.07 bits per heavy atom. The van der Waals surface area contributed by atoms with Gasteiger partial charge in [-0.3, -0.25) is 0 Å². The van der Waals surface area contributed by atoms with Crippen LogP contribution in [0.15, 0.2) is 9.47 Å². The first-order valence-corrected chi connectivity index (χ1v) is 6.89. The summed E-state index contributed by atoms with van der Waals surface area (Å²) < 4.78 is 6.65. The quantitative estimate of drug-likeness (QED) is 0.507. The molecule has 1 aliphatic heterocycles. The van der Waals surface area contributed by atoms with E-state index in [4.69, 9.17) is 4.74 Å². The highest BCUT2D eigenvalue weighted by atomic mass is 79.9. The topological polar surface area (TPSA) is 12.5 Å². The molecular formula is C11H18Br2O. The third kappa shape index (κ3) is 4.03. The van der Waals surface area contributed by atoms with E-state index in [2.05, 4.69) is 51.8 Å². The molecule has 0 aliphatic carbocycles. The molecule has 1 heterocycles. The SMILES string of the molecule is CCCCCC[C@@H]1O[C@@]1(C)C=C(Br)Br. The predicted molar refractivity (Wildman–Crippen MR) is 68.0 cm³/mol. The Morgan fingerprint density at radius 3 is 2.64 bits per heavy atom. The van der Waals surface area contributed by atoms with Crippen LogP contribution in [-0.2, 0) is 4.74 Å². The van der Waals surface area contributed by atoms with Gasteiger partial charge in [-0.1, -0.05) is 32.6 Å². The van der Waals surface area contributed by atoms with Gasteiger partial charge < -0.3 is 4.74 Å². The Bertz CT molecular complexity index is 211. The Hall–Kier alpha value is 0.660. The molecule has 0 amide bonds. The highest BCUT2D eigenvalue weighted by Gasteiger charge is 2.49. The first-order chi connectivity index (χ1) is 6.58. The average Bonchev–Trinajstić information content (AvgIpc) is 2.69. The lowest BCUT2D eigenvalue weighted by Gasteiger charge is -1.99. The van der Waals surface area contributed by atoms with Crippen molar-refractivity contribution in [1.82, 2.24) is 0 Å². The first-order valence-electron chi connectivity index (χ1n) is 5.30. The third-order valence-corrected chi connectivity index (χ3v) is 3.15. The van der Waals surface area contributed by atoms with Crippen LogP contribution in [0.25, 0.3) is 0 Å². The normalized spacial score (nSPS) is 30.1. The molecule has 0 spiro atoms. The summed E-state index contributed by atoms with van der Waals surface area (Å²) in [7, 11) is 0. The molecule has 0 saturated carbocycles. The van der Waals surface area contributed by atoms with Gasteiger partial charge in [-0.25, -0.2) is 0 Å². The maximum Gasteiger partial charge on any atom is 0.112 e. The summed E-state index contributed by atoms with van der Waals surface area (Å²) >= 11 is 6.74. The van der Waals surface area contributed by atoms with Gasteiger partial charge in [0.1, 0.15) is 5.60 Å². The van der Waals surface area contributed by atoms with Crippen molar-refractivity contribution in [1.29, 1.82) is 0 Å². The van der Waals surface area contributed by atoms with E-state index in [0.717, 1.165) is 3.39 Å². The summed E-state index contributed by atoms with van der Waals surface area (Å²) in [6.45, 7) is 4.38. The molecule has 0 radical (unpaired) electrons. The molecule has 3 heteroatoms. The fraction of sp³-hybridized carbons (Fsp3) is 0.818. The van der Waals surface area contributed by atoms with Crippen molar-refractivity contribution in [2.45, 2.75) is 57.7 Å². The molecule has 2 atom stereocenters. The van der Waals surface area contributed by atoms with E-state index >= 15 is 0 Å². The Balaban J connectivity index is 2.15. The largest absolute Gasteiger partial charge is 0.362 e. The maximum absolute atomic E-state index is 5.66. The summed E-state index contributed by atoms with van der Waals surface area (Å²) in [5.74, 6) is 0. The monoisotopic (exact) mass is 324 g/mol. The zero-order valence-corrected chi connectivity index (χ0v) is 12.0. The van der Waals surface area contributed by atoms with E-state index in [1.165, 1.54) is 32.1 Å². The van der Waals surface area contributed by atoms with Crippen LogP contribution in [0.3, 0.4) is 0 Å². The van der Waals surface area contributed by atoms with Crippen molar-refractivity contribution in [3.05, 3.63) is 9.47 Å². The molecule has 1 aliphatic rings. The summed E-state index contributed by atoms with van der Waals surface area (Å²) in [6, 6.07) is 0. The van der Waals surface area contributed by atoms with E-state index in [1.54, 1.807) is 0 Å². The minimum absolute atomic E-state index is 0.0193. The van der Waals surface area contributed by atoms with Crippen molar-refractivity contribution >= 4 is 31.9 Å². The molecule has 1 rings (SSSR count). The lowest BCUT2D eigenvalue weighted by atomic mass is 10.0. The molecule has 0 aromatic heterocycles. The van der Waals surface area contributed by atoms with Crippen LogP contribution in [0.2, 0.25) is 0 Å². The number of rotatable bonds is 6. The van der Waals surface area contributed by atoms with Gasteiger partial charge in [0.25, 0.3) is 0 Å². The smallest absolute Gasteiger partial charge is 0.112 e. The number of hydrogen-bond donors (Lipinski definition) is 0. The summed E-state index contributed by atoms with van der Waals surface area (Å²) in [6.07, 6.45) is 9.01. The van der Waals surface area contributed by atoms with Gasteiger partial charge in [0, 0.05) is 0 Å². The lowest BCUT2D eigenvalue weighted by molar-refractivity contribution is 0.335. The molecule has 0 aromatic carbocycles. The van der Waals surface area contributed by atoms with Gasteiger partial charge in [0.15, 0.2) is 0 Å². The second kappa shape index (κ2) is 5.66. The Labute approximate surface area is 104 Å². The second-order valence-corrected chi connectivity index (χ2v) is 6.85. The number of ether oxygens (including phenoxy) is 1. The van der Waals surface area contributed by atoms with E-state index in [0.29, 0.717) is 6.10 Å². The minimum Gasteiger partial charge on any atom is -0.362 e. The van der Waals surface area contributed by atoms with Gasteiger partial charge in [0.05, 0.1) is 9.50 Å². The van der Waals surface area contributed by atoms with Crippen molar-refractivity contribution in [3.8, 4) is 0 Å². The van der Waals surface area contributed by atoms with Crippen LogP contribution in [0, 0.1) is 0 Å². The molecule has 0 bridgehead atoms. The standard InChI is InChI=1S/C11H18Br2O/c1-3-4-5-6-7-9-11(2,14-9)8-10(12)13/h8-9H,3-7H2,1-2H3/t9-,11-/m0/s1. The molecule has 82 valence electrons. The van der Waals surface area contributed by atoms with E-state index < -0.39 is 0 Å². The van der Waals surface area contributed by atoms with Crippen molar-refractivity contribution in [2.75, 3.05) is 0 Å². The average molecular weight is 326 g/mol. The lowest BCUT2D eigenvalue weighted by Crippen LogP contribution is -2.05. The van der Waals surface area contributed by atoms with Crippen LogP contribution < -0.4 is 0 Å². The number of halogens is 2.